The van der Waals surface area contributed by atoms with Gasteiger partial charge >= 0.3 is 5.97 Å². The van der Waals surface area contributed by atoms with E-state index in [1.165, 1.54) is 6.08 Å². The second-order valence-electron chi connectivity index (χ2n) is 2.55. The summed E-state index contributed by atoms with van der Waals surface area (Å²) >= 11 is 0. The Morgan fingerprint density at radius 2 is 2.57 bits per heavy atom. The number of amidine groups is 1. The van der Waals surface area contributed by atoms with Gasteiger partial charge in [-0.25, -0.2) is 9.79 Å². The second-order valence-corrected chi connectivity index (χ2v) is 2.55. The first-order chi connectivity index (χ1) is 6.69. The number of nitrogens with zero attached hydrogens (tertiary/aromatic N) is 2. The zero-order valence-corrected chi connectivity index (χ0v) is 7.77. The molecule has 76 valence electrons. The molecule has 0 radical (unpaired) electrons. The minimum absolute atomic E-state index is 0.0555. The highest BCUT2D eigenvalue weighted by Crippen LogP contribution is 2.08. The number of hydrogen-bond acceptors (Lipinski definition) is 5. The maximum absolute atomic E-state index is 11.3. The zero-order valence-electron chi connectivity index (χ0n) is 7.77. The van der Waals surface area contributed by atoms with Crippen LogP contribution in [-0.4, -0.2) is 36.4 Å². The molecule has 0 saturated carbocycles. The summed E-state index contributed by atoms with van der Waals surface area (Å²) in [7, 11) is 0. The normalized spacial score (nSPS) is 15.6. The quantitative estimate of drug-likeness (QED) is 0.475. The average Bonchev–Trinajstić information content (AvgIpc) is 2.18. The molecular weight excluding hydrogens is 186 g/mol. The predicted molar refractivity (Wildman–Crippen MR) is 49.1 cm³/mol. The molecule has 0 aromatic carbocycles. The number of ether oxygens (including phenoxy) is 1. The van der Waals surface area contributed by atoms with Crippen LogP contribution in [0.5, 0.6) is 0 Å². The van der Waals surface area contributed by atoms with Gasteiger partial charge in [0.25, 0.3) is 0 Å². The van der Waals surface area contributed by atoms with Gasteiger partial charge in [-0.2, -0.15) is 0 Å². The fourth-order valence-electron chi connectivity index (χ4n) is 0.974. The molecule has 0 aliphatic carbocycles. The number of carbonyl (C=O) groups is 2. The van der Waals surface area contributed by atoms with E-state index in [0.717, 1.165) is 4.90 Å². The van der Waals surface area contributed by atoms with E-state index in [-0.39, 0.29) is 24.8 Å². The minimum atomic E-state index is -0.572. The van der Waals surface area contributed by atoms with Gasteiger partial charge in [0.15, 0.2) is 0 Å². The molecule has 0 aromatic rings. The summed E-state index contributed by atoms with van der Waals surface area (Å²) in [4.78, 5) is 26.8. The van der Waals surface area contributed by atoms with E-state index in [1.807, 2.05) is 0 Å². The van der Waals surface area contributed by atoms with Crippen LogP contribution >= 0.6 is 0 Å². The van der Waals surface area contributed by atoms with E-state index in [2.05, 4.69) is 4.99 Å². The van der Waals surface area contributed by atoms with Crippen LogP contribution < -0.4 is 5.73 Å². The lowest BCUT2D eigenvalue weighted by Gasteiger charge is -2.20. The van der Waals surface area contributed by atoms with Crippen molar-refractivity contribution < 1.29 is 14.3 Å². The molecule has 1 aliphatic heterocycles. The van der Waals surface area contributed by atoms with Gasteiger partial charge in [-0.15, -0.1) is 0 Å². The van der Waals surface area contributed by atoms with E-state index in [9.17, 15) is 9.59 Å². The molecule has 0 fully saturated rings. The molecule has 1 amide bonds. The Balaban J connectivity index is 2.85. The Kier molecular flexibility index (Phi) is 3.22. The fourth-order valence-corrected chi connectivity index (χ4v) is 0.974. The van der Waals surface area contributed by atoms with Crippen molar-refractivity contribution in [3.63, 3.8) is 0 Å². The van der Waals surface area contributed by atoms with Crippen molar-refractivity contribution in [3.05, 3.63) is 11.8 Å². The molecular formula is C8H11N3O3. The molecule has 6 nitrogen and oxygen atoms in total. The lowest BCUT2D eigenvalue weighted by Crippen LogP contribution is -2.33. The highest BCUT2D eigenvalue weighted by molar-refractivity contribution is 6.02. The minimum Gasteiger partial charge on any atom is -0.461 e. The Bertz CT molecular complexity index is 309. The van der Waals surface area contributed by atoms with E-state index in [4.69, 9.17) is 10.5 Å². The Morgan fingerprint density at radius 1 is 1.86 bits per heavy atom. The zero-order chi connectivity index (χ0) is 10.6. The van der Waals surface area contributed by atoms with Crippen LogP contribution in [0.1, 0.15) is 6.92 Å². The molecule has 0 saturated heterocycles. The Hall–Kier alpha value is -1.85. The van der Waals surface area contributed by atoms with E-state index in [0.29, 0.717) is 6.41 Å². The molecule has 6 heteroatoms. The first-order valence-electron chi connectivity index (χ1n) is 4.09. The first-order valence-corrected chi connectivity index (χ1v) is 4.09. The predicted octanol–water partition coefficient (Wildman–Crippen LogP) is -0.780. The first kappa shape index (κ1) is 10.2. The van der Waals surface area contributed by atoms with Crippen molar-refractivity contribution in [1.82, 2.24) is 4.90 Å². The molecule has 2 N–H and O–H groups in total. The highest BCUT2D eigenvalue weighted by atomic mass is 16.5. The number of nitrogens with two attached hydrogens (primary N) is 1. The molecule has 1 rings (SSSR count). The van der Waals surface area contributed by atoms with Gasteiger partial charge in [-0.1, -0.05) is 0 Å². The maximum atomic E-state index is 11.3. The average molecular weight is 197 g/mol. The molecule has 0 atom stereocenters. The van der Waals surface area contributed by atoms with Crippen LogP contribution in [-0.2, 0) is 14.3 Å². The van der Waals surface area contributed by atoms with Crippen LogP contribution in [0.4, 0.5) is 0 Å². The number of carbonyl (C=O) groups excluding carboxylic acids is 2. The van der Waals surface area contributed by atoms with Crippen molar-refractivity contribution in [3.8, 4) is 0 Å². The number of hydrogen-bond donors (Lipinski definition) is 1. The summed E-state index contributed by atoms with van der Waals surface area (Å²) in [6, 6.07) is 0. The van der Waals surface area contributed by atoms with Gasteiger partial charge in [0.2, 0.25) is 6.41 Å². The van der Waals surface area contributed by atoms with E-state index >= 15 is 0 Å². The fraction of sp³-hybridized carbons (Fsp3) is 0.375. The van der Waals surface area contributed by atoms with Crippen molar-refractivity contribution in [1.29, 1.82) is 0 Å². The maximum Gasteiger partial charge on any atom is 0.355 e. The summed E-state index contributed by atoms with van der Waals surface area (Å²) in [6.07, 6.45) is 1.83. The Labute approximate surface area is 81.0 Å². The van der Waals surface area contributed by atoms with Gasteiger partial charge in [0.05, 0.1) is 6.61 Å². The second kappa shape index (κ2) is 4.40. The third-order valence-electron chi connectivity index (χ3n) is 1.61. The van der Waals surface area contributed by atoms with Gasteiger partial charge in [-0.05, 0) is 6.92 Å². The Morgan fingerprint density at radius 3 is 3.14 bits per heavy atom. The number of rotatable bonds is 3. The summed E-state index contributed by atoms with van der Waals surface area (Å²) < 4.78 is 4.74. The van der Waals surface area contributed by atoms with Gasteiger partial charge in [0.1, 0.15) is 18.2 Å². The van der Waals surface area contributed by atoms with Crippen LogP contribution in [0.3, 0.4) is 0 Å². The number of esters is 1. The van der Waals surface area contributed by atoms with Crippen molar-refractivity contribution in [2.24, 2.45) is 10.7 Å². The topological polar surface area (TPSA) is 85.0 Å². The van der Waals surface area contributed by atoms with Crippen molar-refractivity contribution >= 4 is 18.2 Å². The standard InChI is InChI=1S/C8H11N3O3/c1-2-14-8(13)6-3-7(9)10-4-11(6)5-12/h3,5H,2,4H2,1H3,(H2,9,10). The molecule has 0 bridgehead atoms. The number of amides is 1. The van der Waals surface area contributed by atoms with Crippen molar-refractivity contribution in [2.45, 2.75) is 6.92 Å². The lowest BCUT2D eigenvalue weighted by molar-refractivity contribution is -0.141. The summed E-state index contributed by atoms with van der Waals surface area (Å²) in [5.74, 6) is -0.358. The molecule has 14 heavy (non-hydrogen) atoms. The summed E-state index contributed by atoms with van der Waals surface area (Å²) in [6.45, 7) is 1.99. The van der Waals surface area contributed by atoms with E-state index < -0.39 is 5.97 Å². The number of aliphatic imine (C=N–C) groups is 1. The third kappa shape index (κ3) is 2.09. The smallest absolute Gasteiger partial charge is 0.355 e. The third-order valence-corrected chi connectivity index (χ3v) is 1.61. The molecule has 0 spiro atoms. The molecule has 0 aromatic heterocycles. The monoisotopic (exact) mass is 197 g/mol. The van der Waals surface area contributed by atoms with Crippen LogP contribution in [0, 0.1) is 0 Å². The van der Waals surface area contributed by atoms with Crippen LogP contribution in [0.25, 0.3) is 0 Å². The largest absolute Gasteiger partial charge is 0.461 e. The van der Waals surface area contributed by atoms with Gasteiger partial charge in [0, 0.05) is 6.08 Å². The summed E-state index contributed by atoms with van der Waals surface area (Å²) in [5.41, 5.74) is 5.52. The van der Waals surface area contributed by atoms with Crippen molar-refractivity contribution in [2.75, 3.05) is 13.3 Å². The molecule has 0 unspecified atom stereocenters. The lowest BCUT2D eigenvalue weighted by atomic mass is 10.3. The van der Waals surface area contributed by atoms with E-state index in [1.54, 1.807) is 6.92 Å². The summed E-state index contributed by atoms with van der Waals surface area (Å²) in [5, 5.41) is 0. The highest BCUT2D eigenvalue weighted by Gasteiger charge is 2.21. The van der Waals surface area contributed by atoms with Gasteiger partial charge in [-0.3, -0.25) is 9.69 Å². The SMILES string of the molecule is CCOC(=O)C1=CC(N)=NCN1C=O. The van der Waals surface area contributed by atoms with Gasteiger partial charge < -0.3 is 10.5 Å². The molecule has 1 aliphatic rings. The molecule has 1 heterocycles. The van der Waals surface area contributed by atoms with Crippen LogP contribution in [0.2, 0.25) is 0 Å². The van der Waals surface area contributed by atoms with Crippen LogP contribution in [0.15, 0.2) is 16.8 Å².